The molecule has 0 aromatic heterocycles. The minimum atomic E-state index is -0.322. The molecule has 1 atom stereocenters. The molecule has 0 radical (unpaired) electrons. The second-order valence-electron chi connectivity index (χ2n) is 4.42. The lowest BCUT2D eigenvalue weighted by Crippen LogP contribution is -2.47. The van der Waals surface area contributed by atoms with E-state index in [1.165, 1.54) is 6.42 Å². The first kappa shape index (κ1) is 11.1. The van der Waals surface area contributed by atoms with Crippen LogP contribution in [0.4, 0.5) is 0 Å². The van der Waals surface area contributed by atoms with Gasteiger partial charge in [0.05, 0.1) is 6.04 Å². The fourth-order valence-corrected chi connectivity index (χ4v) is 1.92. The number of carbonyl (C=O) groups is 1. The molecule has 2 rings (SSSR count). The highest BCUT2D eigenvalue weighted by atomic mass is 16.2. The van der Waals surface area contributed by atoms with Crippen LogP contribution < -0.4 is 11.1 Å². The normalized spacial score (nSPS) is 17.6. The van der Waals surface area contributed by atoms with Gasteiger partial charge in [-0.3, -0.25) is 4.79 Å². The lowest BCUT2D eigenvalue weighted by atomic mass is 9.80. The summed E-state index contributed by atoms with van der Waals surface area (Å²) in [5, 5.41) is 2.88. The first-order valence-electron chi connectivity index (χ1n) is 5.84. The highest BCUT2D eigenvalue weighted by molar-refractivity contribution is 5.81. The van der Waals surface area contributed by atoms with Crippen LogP contribution in [-0.4, -0.2) is 11.9 Å². The summed E-state index contributed by atoms with van der Waals surface area (Å²) in [4.78, 5) is 11.7. The Balaban J connectivity index is 1.79. The molecular weight excluding hydrogens is 200 g/mol. The Morgan fingerprint density at radius 1 is 1.38 bits per heavy atom. The molecule has 1 aromatic carbocycles. The maximum atomic E-state index is 11.7. The van der Waals surface area contributed by atoms with Crippen LogP contribution in [-0.2, 0) is 11.3 Å². The van der Waals surface area contributed by atoms with E-state index < -0.39 is 0 Å². The van der Waals surface area contributed by atoms with Crippen molar-refractivity contribution >= 4 is 5.91 Å². The summed E-state index contributed by atoms with van der Waals surface area (Å²) in [6, 6.07) is 9.56. The van der Waals surface area contributed by atoms with Crippen molar-refractivity contribution in [3.8, 4) is 0 Å². The predicted octanol–water partition coefficient (Wildman–Crippen LogP) is 1.43. The average Bonchev–Trinajstić information content (AvgIpc) is 2.25. The number of hydrogen-bond donors (Lipinski definition) is 2. The molecule has 1 aliphatic rings. The molecule has 1 amide bonds. The maximum Gasteiger partial charge on any atom is 0.237 e. The number of hydrogen-bond acceptors (Lipinski definition) is 2. The highest BCUT2D eigenvalue weighted by Crippen LogP contribution is 2.28. The molecule has 16 heavy (non-hydrogen) atoms. The first-order valence-corrected chi connectivity index (χ1v) is 5.84. The molecule has 0 heterocycles. The Labute approximate surface area is 96.0 Å². The van der Waals surface area contributed by atoms with Crippen molar-refractivity contribution in [2.24, 2.45) is 11.7 Å². The van der Waals surface area contributed by atoms with Crippen LogP contribution in [0.25, 0.3) is 0 Å². The molecule has 1 fully saturated rings. The Morgan fingerprint density at radius 2 is 2.06 bits per heavy atom. The fraction of sp³-hybridized carbons (Fsp3) is 0.462. The number of nitrogens with one attached hydrogen (secondary N) is 1. The Kier molecular flexibility index (Phi) is 3.57. The van der Waals surface area contributed by atoms with E-state index in [0.29, 0.717) is 12.5 Å². The van der Waals surface area contributed by atoms with Crippen LogP contribution in [0.5, 0.6) is 0 Å². The molecular formula is C13H18N2O. The standard InChI is InChI=1S/C13H18N2O/c14-12(11-7-4-8-11)13(16)15-9-10-5-2-1-3-6-10/h1-3,5-6,11-12H,4,7-9,14H2,(H,15,16). The molecule has 0 spiro atoms. The van der Waals surface area contributed by atoms with Crippen molar-refractivity contribution < 1.29 is 4.79 Å². The van der Waals surface area contributed by atoms with Crippen molar-refractivity contribution in [3.05, 3.63) is 35.9 Å². The number of nitrogens with two attached hydrogens (primary N) is 1. The smallest absolute Gasteiger partial charge is 0.237 e. The van der Waals surface area contributed by atoms with Crippen LogP contribution in [0.15, 0.2) is 30.3 Å². The summed E-state index contributed by atoms with van der Waals surface area (Å²) in [6.07, 6.45) is 3.41. The maximum absolute atomic E-state index is 11.7. The van der Waals surface area contributed by atoms with Crippen molar-refractivity contribution in [3.63, 3.8) is 0 Å². The SMILES string of the molecule is NC(C(=O)NCc1ccccc1)C1CCC1. The van der Waals surface area contributed by atoms with E-state index in [4.69, 9.17) is 5.73 Å². The summed E-state index contributed by atoms with van der Waals surface area (Å²) in [5.41, 5.74) is 6.98. The van der Waals surface area contributed by atoms with E-state index in [0.717, 1.165) is 18.4 Å². The Hall–Kier alpha value is -1.35. The van der Waals surface area contributed by atoms with Crippen molar-refractivity contribution in [2.45, 2.75) is 31.8 Å². The number of carbonyl (C=O) groups excluding carboxylic acids is 1. The van der Waals surface area contributed by atoms with Gasteiger partial charge in [-0.15, -0.1) is 0 Å². The van der Waals surface area contributed by atoms with Gasteiger partial charge < -0.3 is 11.1 Å². The molecule has 86 valence electrons. The molecule has 1 unspecified atom stereocenters. The largest absolute Gasteiger partial charge is 0.351 e. The fourth-order valence-electron chi connectivity index (χ4n) is 1.92. The van der Waals surface area contributed by atoms with Gasteiger partial charge in [0.15, 0.2) is 0 Å². The third-order valence-corrected chi connectivity index (χ3v) is 3.27. The molecule has 1 aromatic rings. The van der Waals surface area contributed by atoms with Gasteiger partial charge in [0.2, 0.25) is 5.91 Å². The summed E-state index contributed by atoms with van der Waals surface area (Å²) >= 11 is 0. The molecule has 3 heteroatoms. The average molecular weight is 218 g/mol. The minimum Gasteiger partial charge on any atom is -0.351 e. The Morgan fingerprint density at radius 3 is 2.62 bits per heavy atom. The van der Waals surface area contributed by atoms with Crippen LogP contribution in [0.2, 0.25) is 0 Å². The molecule has 0 bridgehead atoms. The van der Waals surface area contributed by atoms with Crippen LogP contribution in [0.3, 0.4) is 0 Å². The zero-order valence-corrected chi connectivity index (χ0v) is 9.36. The van der Waals surface area contributed by atoms with Gasteiger partial charge in [-0.2, -0.15) is 0 Å². The van der Waals surface area contributed by atoms with Gasteiger partial charge in [-0.25, -0.2) is 0 Å². The van der Waals surface area contributed by atoms with Gasteiger partial charge in [-0.1, -0.05) is 36.8 Å². The second kappa shape index (κ2) is 5.12. The van der Waals surface area contributed by atoms with Crippen molar-refractivity contribution in [1.82, 2.24) is 5.32 Å². The van der Waals surface area contributed by atoms with E-state index >= 15 is 0 Å². The van der Waals surface area contributed by atoms with Crippen LogP contribution in [0, 0.1) is 5.92 Å². The zero-order valence-electron chi connectivity index (χ0n) is 9.36. The summed E-state index contributed by atoms with van der Waals surface area (Å²) in [6.45, 7) is 0.570. The highest BCUT2D eigenvalue weighted by Gasteiger charge is 2.29. The molecule has 3 N–H and O–H groups in total. The molecule has 1 saturated carbocycles. The third-order valence-electron chi connectivity index (χ3n) is 3.27. The van der Waals surface area contributed by atoms with E-state index in [2.05, 4.69) is 5.32 Å². The predicted molar refractivity (Wildman–Crippen MR) is 63.6 cm³/mol. The van der Waals surface area contributed by atoms with Gasteiger partial charge in [0.25, 0.3) is 0 Å². The molecule has 0 saturated heterocycles. The lowest BCUT2D eigenvalue weighted by molar-refractivity contribution is -0.124. The lowest BCUT2D eigenvalue weighted by Gasteiger charge is -2.30. The van der Waals surface area contributed by atoms with Crippen molar-refractivity contribution in [2.75, 3.05) is 0 Å². The summed E-state index contributed by atoms with van der Waals surface area (Å²) in [7, 11) is 0. The van der Waals surface area contributed by atoms with Crippen LogP contribution >= 0.6 is 0 Å². The summed E-state index contributed by atoms with van der Waals surface area (Å²) in [5.74, 6) is 0.379. The minimum absolute atomic E-state index is 0.0199. The van der Waals surface area contributed by atoms with Gasteiger partial charge >= 0.3 is 0 Å². The third kappa shape index (κ3) is 2.61. The second-order valence-corrected chi connectivity index (χ2v) is 4.42. The number of benzene rings is 1. The van der Waals surface area contributed by atoms with Gasteiger partial charge in [-0.05, 0) is 24.3 Å². The van der Waals surface area contributed by atoms with Gasteiger partial charge in [0.1, 0.15) is 0 Å². The zero-order chi connectivity index (χ0) is 11.4. The first-order chi connectivity index (χ1) is 7.77. The topological polar surface area (TPSA) is 55.1 Å². The monoisotopic (exact) mass is 218 g/mol. The molecule has 0 aliphatic heterocycles. The van der Waals surface area contributed by atoms with E-state index in [-0.39, 0.29) is 11.9 Å². The Bertz CT molecular complexity index is 346. The number of rotatable bonds is 4. The molecule has 3 nitrogen and oxygen atoms in total. The summed E-state index contributed by atoms with van der Waals surface area (Å²) < 4.78 is 0. The quantitative estimate of drug-likeness (QED) is 0.803. The van der Waals surface area contributed by atoms with Gasteiger partial charge in [0, 0.05) is 6.54 Å². The number of amides is 1. The van der Waals surface area contributed by atoms with E-state index in [1.54, 1.807) is 0 Å². The molecule has 1 aliphatic carbocycles. The van der Waals surface area contributed by atoms with E-state index in [9.17, 15) is 4.79 Å². The van der Waals surface area contributed by atoms with Crippen molar-refractivity contribution in [1.29, 1.82) is 0 Å². The van der Waals surface area contributed by atoms with Crippen LogP contribution in [0.1, 0.15) is 24.8 Å². The van der Waals surface area contributed by atoms with E-state index in [1.807, 2.05) is 30.3 Å².